The maximum absolute atomic E-state index is 5.43. The van der Waals surface area contributed by atoms with Gasteiger partial charge in [-0.1, -0.05) is 0 Å². The van der Waals surface area contributed by atoms with Gasteiger partial charge >= 0.3 is 0 Å². The maximum Gasteiger partial charge on any atom is 0.140 e. The molecule has 0 radical (unpaired) electrons. The van der Waals surface area contributed by atoms with Crippen LogP contribution in [0.2, 0.25) is 0 Å². The van der Waals surface area contributed by atoms with Gasteiger partial charge in [-0.2, -0.15) is 0 Å². The van der Waals surface area contributed by atoms with Crippen LogP contribution in [0.1, 0.15) is 0 Å². The van der Waals surface area contributed by atoms with Crippen LogP contribution in [0.3, 0.4) is 0 Å². The van der Waals surface area contributed by atoms with Crippen LogP contribution in [0.15, 0.2) is 15.0 Å². The largest absolute Gasteiger partial charge is 0.383 e. The topological polar surface area (TPSA) is 64.9 Å². The van der Waals surface area contributed by atoms with E-state index < -0.39 is 0 Å². The molecule has 0 aliphatic rings. The molecule has 0 spiro atoms. The molecule has 1 rings (SSSR count). The summed E-state index contributed by atoms with van der Waals surface area (Å²) >= 11 is 6.41. The Labute approximate surface area is 91.6 Å². The van der Waals surface area contributed by atoms with E-state index in [1.165, 1.54) is 0 Å². The van der Waals surface area contributed by atoms with Crippen LogP contribution < -0.4 is 11.5 Å². The van der Waals surface area contributed by atoms with E-state index in [4.69, 9.17) is 11.5 Å². The Morgan fingerprint density at radius 1 is 1.09 bits per heavy atom. The Hall–Kier alpha value is 0.190. The van der Waals surface area contributed by atoms with Crippen LogP contribution in [0.4, 0.5) is 11.6 Å². The first-order chi connectivity index (χ1) is 4.61. The molecule has 0 amide bonds. The number of nitrogens with two attached hydrogens (primary N) is 2. The first-order valence-corrected chi connectivity index (χ1v) is 4.07. The van der Waals surface area contributed by atoms with Crippen LogP contribution in [0.5, 0.6) is 0 Å². The van der Waals surface area contributed by atoms with Crippen molar-refractivity contribution in [1.82, 2.24) is 4.98 Å². The zero-order valence-electron chi connectivity index (χ0n) is 5.34. The standard InChI is InChI=1S/C5H5Br2N3.BrH/c6-2-1-3(7)5(9)10-4(2)8;/h1H,(H4,8,9,10);1H. The molecule has 0 fully saturated rings. The van der Waals surface area contributed by atoms with Crippen LogP contribution in [0.25, 0.3) is 0 Å². The number of anilines is 2. The highest BCUT2D eigenvalue weighted by Gasteiger charge is 2.01. The molecular formula is C5H6Br3N3. The van der Waals surface area contributed by atoms with Crippen molar-refractivity contribution in [3.63, 3.8) is 0 Å². The Morgan fingerprint density at radius 2 is 1.45 bits per heavy atom. The van der Waals surface area contributed by atoms with Gasteiger partial charge in [-0.3, -0.25) is 0 Å². The third-order valence-electron chi connectivity index (χ3n) is 0.984. The predicted molar refractivity (Wildman–Crippen MR) is 58.8 cm³/mol. The Kier molecular flexibility index (Phi) is 4.35. The fraction of sp³-hybridized carbons (Fsp3) is 0. The molecule has 0 saturated heterocycles. The van der Waals surface area contributed by atoms with E-state index in [-0.39, 0.29) is 17.0 Å². The van der Waals surface area contributed by atoms with Crippen LogP contribution in [0, 0.1) is 0 Å². The molecule has 11 heavy (non-hydrogen) atoms. The van der Waals surface area contributed by atoms with Crippen molar-refractivity contribution >= 4 is 60.5 Å². The average molecular weight is 348 g/mol. The monoisotopic (exact) mass is 345 g/mol. The number of halogens is 3. The van der Waals surface area contributed by atoms with E-state index in [1.54, 1.807) is 6.07 Å². The molecule has 62 valence electrons. The molecule has 0 aliphatic heterocycles. The molecule has 0 aromatic carbocycles. The van der Waals surface area contributed by atoms with E-state index in [2.05, 4.69) is 36.8 Å². The second kappa shape index (κ2) is 4.27. The van der Waals surface area contributed by atoms with Crippen LogP contribution in [-0.4, -0.2) is 4.98 Å². The minimum atomic E-state index is 0. The number of nitrogen functional groups attached to an aromatic ring is 2. The highest BCUT2D eigenvalue weighted by Crippen LogP contribution is 2.25. The van der Waals surface area contributed by atoms with Gasteiger partial charge in [0.25, 0.3) is 0 Å². The van der Waals surface area contributed by atoms with Gasteiger partial charge in [-0.05, 0) is 37.9 Å². The van der Waals surface area contributed by atoms with Crippen LogP contribution >= 0.6 is 48.8 Å². The lowest BCUT2D eigenvalue weighted by atomic mass is 10.4. The second-order valence-electron chi connectivity index (χ2n) is 1.72. The van der Waals surface area contributed by atoms with E-state index >= 15 is 0 Å². The third-order valence-corrected chi connectivity index (χ3v) is 2.25. The van der Waals surface area contributed by atoms with Crippen molar-refractivity contribution in [2.45, 2.75) is 0 Å². The molecule has 0 aliphatic carbocycles. The summed E-state index contributed by atoms with van der Waals surface area (Å²) < 4.78 is 1.49. The fourth-order valence-corrected chi connectivity index (χ4v) is 1.44. The van der Waals surface area contributed by atoms with E-state index in [0.717, 1.165) is 8.95 Å². The first-order valence-electron chi connectivity index (χ1n) is 2.48. The number of rotatable bonds is 0. The summed E-state index contributed by atoms with van der Waals surface area (Å²) in [6.07, 6.45) is 0. The van der Waals surface area contributed by atoms with Gasteiger partial charge < -0.3 is 11.5 Å². The Morgan fingerprint density at radius 3 is 1.73 bits per heavy atom. The maximum atomic E-state index is 5.43. The predicted octanol–water partition coefficient (Wildman–Crippen LogP) is 2.35. The molecule has 6 heteroatoms. The van der Waals surface area contributed by atoms with Gasteiger partial charge in [0.05, 0.1) is 8.95 Å². The summed E-state index contributed by atoms with van der Waals surface area (Å²) in [4.78, 5) is 3.83. The van der Waals surface area contributed by atoms with E-state index in [1.807, 2.05) is 0 Å². The Bertz CT molecular complexity index is 213. The van der Waals surface area contributed by atoms with Gasteiger partial charge in [0, 0.05) is 0 Å². The summed E-state index contributed by atoms with van der Waals surface area (Å²) in [5.74, 6) is 0.807. The highest BCUT2D eigenvalue weighted by atomic mass is 79.9. The average Bonchev–Trinajstić information content (AvgIpc) is 1.84. The lowest BCUT2D eigenvalue weighted by Crippen LogP contribution is -1.97. The third kappa shape index (κ3) is 2.61. The molecule has 1 heterocycles. The zero-order valence-corrected chi connectivity index (χ0v) is 10.2. The molecule has 3 nitrogen and oxygen atoms in total. The van der Waals surface area contributed by atoms with E-state index in [0.29, 0.717) is 11.6 Å². The smallest absolute Gasteiger partial charge is 0.140 e. The first kappa shape index (κ1) is 11.2. The van der Waals surface area contributed by atoms with Crippen molar-refractivity contribution in [3.8, 4) is 0 Å². The summed E-state index contributed by atoms with van der Waals surface area (Å²) in [6.45, 7) is 0. The van der Waals surface area contributed by atoms with Crippen molar-refractivity contribution in [3.05, 3.63) is 15.0 Å². The molecule has 0 bridgehead atoms. The molecule has 1 aromatic rings. The summed E-state index contributed by atoms with van der Waals surface area (Å²) in [5, 5.41) is 0. The second-order valence-corrected chi connectivity index (χ2v) is 3.43. The molecule has 1 aromatic heterocycles. The minimum Gasteiger partial charge on any atom is -0.383 e. The number of hydrogen-bond donors (Lipinski definition) is 2. The number of pyridine rings is 1. The number of hydrogen-bond acceptors (Lipinski definition) is 3. The summed E-state index contributed by atoms with van der Waals surface area (Å²) in [5.41, 5.74) is 10.9. The van der Waals surface area contributed by atoms with Gasteiger partial charge in [0.2, 0.25) is 0 Å². The molecule has 4 N–H and O–H groups in total. The number of aromatic nitrogens is 1. The SMILES string of the molecule is Br.Nc1nc(N)c(Br)cc1Br. The van der Waals surface area contributed by atoms with Gasteiger partial charge in [0.1, 0.15) is 11.6 Å². The van der Waals surface area contributed by atoms with E-state index in [9.17, 15) is 0 Å². The van der Waals surface area contributed by atoms with Gasteiger partial charge in [0.15, 0.2) is 0 Å². The highest BCUT2D eigenvalue weighted by molar-refractivity contribution is 9.11. The molecule has 0 unspecified atom stereocenters. The van der Waals surface area contributed by atoms with Gasteiger partial charge in [-0.25, -0.2) is 4.98 Å². The summed E-state index contributed by atoms with van der Waals surface area (Å²) in [7, 11) is 0. The molecular weight excluding hydrogens is 342 g/mol. The molecule has 0 atom stereocenters. The Balaban J connectivity index is 0.000001000. The van der Waals surface area contributed by atoms with Crippen LogP contribution in [-0.2, 0) is 0 Å². The molecule has 0 saturated carbocycles. The minimum absolute atomic E-state index is 0. The van der Waals surface area contributed by atoms with Crippen molar-refractivity contribution in [1.29, 1.82) is 0 Å². The quantitative estimate of drug-likeness (QED) is 0.757. The normalized spacial score (nSPS) is 8.91. The van der Waals surface area contributed by atoms with Crippen molar-refractivity contribution < 1.29 is 0 Å². The van der Waals surface area contributed by atoms with Crippen molar-refractivity contribution in [2.24, 2.45) is 0 Å². The number of nitrogens with zero attached hydrogens (tertiary/aromatic N) is 1. The van der Waals surface area contributed by atoms with Gasteiger partial charge in [-0.15, -0.1) is 17.0 Å². The van der Waals surface area contributed by atoms with Crippen molar-refractivity contribution in [2.75, 3.05) is 11.5 Å². The summed E-state index contributed by atoms with van der Waals surface area (Å²) in [6, 6.07) is 1.76. The lowest BCUT2D eigenvalue weighted by molar-refractivity contribution is 1.31. The fourth-order valence-electron chi connectivity index (χ4n) is 0.496. The zero-order chi connectivity index (χ0) is 7.72. The lowest BCUT2D eigenvalue weighted by Gasteiger charge is -1.99.